The van der Waals surface area contributed by atoms with Gasteiger partial charge in [0.05, 0.1) is 11.5 Å². The van der Waals surface area contributed by atoms with Gasteiger partial charge in [0, 0.05) is 12.6 Å². The van der Waals surface area contributed by atoms with Gasteiger partial charge in [0.2, 0.25) is 0 Å². The van der Waals surface area contributed by atoms with E-state index in [1.165, 1.54) is 25.7 Å². The van der Waals surface area contributed by atoms with Crippen LogP contribution in [-0.4, -0.2) is 41.5 Å². The summed E-state index contributed by atoms with van der Waals surface area (Å²) in [5.41, 5.74) is -0.982. The fourth-order valence-electron chi connectivity index (χ4n) is 4.06. The quantitative estimate of drug-likeness (QED) is 0.795. The van der Waals surface area contributed by atoms with Crippen molar-refractivity contribution in [2.45, 2.75) is 77.5 Å². The molecule has 0 N–H and O–H groups in total. The Hall–Kier alpha value is -0.410. The Morgan fingerprint density at radius 2 is 1.90 bits per heavy atom. The van der Waals surface area contributed by atoms with Gasteiger partial charge in [-0.15, -0.1) is 0 Å². The summed E-state index contributed by atoms with van der Waals surface area (Å²) in [6, 6.07) is 0.631. The van der Waals surface area contributed by atoms with E-state index in [1.807, 2.05) is 13.8 Å². The number of ketones is 1. The molecule has 1 aliphatic heterocycles. The third kappa shape index (κ3) is 3.09. The molecule has 0 spiro atoms. The lowest BCUT2D eigenvalue weighted by molar-refractivity contribution is -0.132. The van der Waals surface area contributed by atoms with Gasteiger partial charge in [0.1, 0.15) is 5.60 Å². The summed E-state index contributed by atoms with van der Waals surface area (Å²) in [5, 5.41) is 0. The lowest BCUT2D eigenvalue weighted by Crippen LogP contribution is -2.44. The molecule has 0 aromatic rings. The van der Waals surface area contributed by atoms with Gasteiger partial charge in [-0.2, -0.15) is 0 Å². The highest BCUT2D eigenvalue weighted by atomic mass is 16.5. The molecule has 1 saturated heterocycles. The molecule has 0 amide bonds. The van der Waals surface area contributed by atoms with Crippen LogP contribution in [0.3, 0.4) is 0 Å². The molecule has 1 heterocycles. The first-order valence-electron chi connectivity index (χ1n) is 8.08. The number of carbonyl (C=O) groups is 1. The van der Waals surface area contributed by atoms with Gasteiger partial charge in [-0.25, -0.2) is 0 Å². The molecule has 20 heavy (non-hydrogen) atoms. The minimum absolute atomic E-state index is 0.0141. The van der Waals surface area contributed by atoms with E-state index in [9.17, 15) is 4.79 Å². The maximum atomic E-state index is 12.6. The van der Waals surface area contributed by atoms with Crippen molar-refractivity contribution in [2.75, 3.05) is 13.6 Å². The van der Waals surface area contributed by atoms with Crippen LogP contribution in [0, 0.1) is 11.8 Å². The van der Waals surface area contributed by atoms with Crippen molar-refractivity contribution in [3.05, 3.63) is 0 Å². The van der Waals surface area contributed by atoms with Crippen LogP contribution in [0.15, 0.2) is 0 Å². The number of hydrogen-bond acceptors (Lipinski definition) is 3. The van der Waals surface area contributed by atoms with Gasteiger partial charge in [0.25, 0.3) is 0 Å². The molecular weight excluding hydrogens is 250 g/mol. The second-order valence-corrected chi connectivity index (χ2v) is 8.00. The molecule has 116 valence electrons. The summed E-state index contributed by atoms with van der Waals surface area (Å²) in [6.07, 6.45) is 5.21. The molecule has 0 aromatic carbocycles. The van der Waals surface area contributed by atoms with E-state index in [-0.39, 0.29) is 17.3 Å². The first-order valence-corrected chi connectivity index (χ1v) is 8.08. The van der Waals surface area contributed by atoms with Crippen molar-refractivity contribution in [1.82, 2.24) is 4.90 Å². The Bertz CT molecular complexity index is 375. The van der Waals surface area contributed by atoms with Crippen LogP contribution in [0.1, 0.15) is 60.3 Å². The molecule has 3 heteroatoms. The molecule has 3 nitrogen and oxygen atoms in total. The Balaban J connectivity index is 2.03. The van der Waals surface area contributed by atoms with Gasteiger partial charge in [-0.3, -0.25) is 4.79 Å². The van der Waals surface area contributed by atoms with E-state index in [2.05, 4.69) is 32.7 Å². The van der Waals surface area contributed by atoms with Crippen LogP contribution in [0.5, 0.6) is 0 Å². The molecular formula is C17H31NO2. The molecule has 3 atom stereocenters. The van der Waals surface area contributed by atoms with Crippen molar-refractivity contribution in [1.29, 1.82) is 0 Å². The van der Waals surface area contributed by atoms with E-state index >= 15 is 0 Å². The van der Waals surface area contributed by atoms with Crippen LogP contribution in [-0.2, 0) is 9.53 Å². The second-order valence-electron chi connectivity index (χ2n) is 8.00. The fraction of sp³-hybridized carbons (Fsp3) is 0.941. The van der Waals surface area contributed by atoms with E-state index in [4.69, 9.17) is 4.74 Å². The Labute approximate surface area is 124 Å². The second kappa shape index (κ2) is 5.42. The zero-order chi connectivity index (χ0) is 15.1. The van der Waals surface area contributed by atoms with Crippen LogP contribution in [0.4, 0.5) is 0 Å². The standard InChI is InChI=1S/C17H31NO2/c1-12-8-7-9-13(10-12)18(6)11-14-15(19)17(4,5)20-16(14,2)3/h12-14H,7-11H2,1-6H3. The maximum absolute atomic E-state index is 12.6. The molecule has 3 unspecified atom stereocenters. The van der Waals surface area contributed by atoms with Crippen LogP contribution < -0.4 is 0 Å². The van der Waals surface area contributed by atoms with Crippen molar-refractivity contribution < 1.29 is 9.53 Å². The largest absolute Gasteiger partial charge is 0.361 e. The highest BCUT2D eigenvalue weighted by Crippen LogP contribution is 2.40. The number of ether oxygens (including phenoxy) is 1. The molecule has 1 saturated carbocycles. The van der Waals surface area contributed by atoms with E-state index in [0.717, 1.165) is 12.5 Å². The predicted molar refractivity (Wildman–Crippen MR) is 81.8 cm³/mol. The first-order chi connectivity index (χ1) is 9.13. The normalized spacial score (nSPS) is 36.5. The number of carbonyl (C=O) groups excluding carboxylic acids is 1. The lowest BCUT2D eigenvalue weighted by atomic mass is 9.83. The monoisotopic (exact) mass is 281 g/mol. The van der Waals surface area contributed by atoms with E-state index < -0.39 is 5.60 Å². The summed E-state index contributed by atoms with van der Waals surface area (Å²) in [5.74, 6) is 1.06. The molecule has 0 aromatic heterocycles. The minimum Gasteiger partial charge on any atom is -0.361 e. The number of Topliss-reactive ketones (excluding diaryl/α,β-unsaturated/α-hetero) is 1. The Morgan fingerprint density at radius 1 is 1.25 bits per heavy atom. The predicted octanol–water partition coefficient (Wildman–Crippen LogP) is 3.27. The van der Waals surface area contributed by atoms with Gasteiger partial charge in [-0.1, -0.05) is 19.8 Å². The highest BCUT2D eigenvalue weighted by molar-refractivity contribution is 5.91. The smallest absolute Gasteiger partial charge is 0.171 e. The van der Waals surface area contributed by atoms with Crippen LogP contribution in [0.25, 0.3) is 0 Å². The van der Waals surface area contributed by atoms with Crippen molar-refractivity contribution >= 4 is 5.78 Å². The molecule has 0 radical (unpaired) electrons. The Kier molecular flexibility index (Phi) is 4.32. The maximum Gasteiger partial charge on any atom is 0.171 e. The SMILES string of the molecule is CC1CCCC(N(C)CC2C(=O)C(C)(C)OC2(C)C)C1. The first kappa shape index (κ1) is 16.0. The summed E-state index contributed by atoms with van der Waals surface area (Å²) in [6.45, 7) is 11.1. The summed E-state index contributed by atoms with van der Waals surface area (Å²) < 4.78 is 5.99. The van der Waals surface area contributed by atoms with Gasteiger partial charge < -0.3 is 9.64 Å². The number of rotatable bonds is 3. The van der Waals surface area contributed by atoms with E-state index in [0.29, 0.717) is 6.04 Å². The summed E-state index contributed by atoms with van der Waals surface area (Å²) in [4.78, 5) is 15.0. The molecule has 1 aliphatic carbocycles. The highest BCUT2D eigenvalue weighted by Gasteiger charge is 2.53. The average molecular weight is 281 g/mol. The Morgan fingerprint density at radius 3 is 2.40 bits per heavy atom. The topological polar surface area (TPSA) is 29.5 Å². The number of nitrogens with zero attached hydrogens (tertiary/aromatic N) is 1. The van der Waals surface area contributed by atoms with Crippen molar-refractivity contribution in [3.63, 3.8) is 0 Å². The molecule has 0 bridgehead atoms. The third-order valence-electron chi connectivity index (χ3n) is 5.27. The zero-order valence-electron chi connectivity index (χ0n) is 14.0. The number of hydrogen-bond donors (Lipinski definition) is 0. The summed E-state index contributed by atoms with van der Waals surface area (Å²) >= 11 is 0. The minimum atomic E-state index is -0.630. The van der Waals surface area contributed by atoms with Gasteiger partial charge >= 0.3 is 0 Å². The zero-order valence-corrected chi connectivity index (χ0v) is 14.0. The molecule has 2 rings (SSSR count). The molecule has 2 aliphatic rings. The fourth-order valence-corrected chi connectivity index (χ4v) is 4.06. The van der Waals surface area contributed by atoms with Crippen molar-refractivity contribution in [2.24, 2.45) is 11.8 Å². The molecule has 2 fully saturated rings. The lowest BCUT2D eigenvalue weighted by Gasteiger charge is -2.37. The van der Waals surface area contributed by atoms with Crippen molar-refractivity contribution in [3.8, 4) is 0 Å². The average Bonchev–Trinajstić information content (AvgIpc) is 2.47. The van der Waals surface area contributed by atoms with E-state index in [1.54, 1.807) is 0 Å². The van der Waals surface area contributed by atoms with Gasteiger partial charge in [0.15, 0.2) is 5.78 Å². The van der Waals surface area contributed by atoms with Gasteiger partial charge in [-0.05, 0) is 53.5 Å². The summed E-state index contributed by atoms with van der Waals surface area (Å²) in [7, 11) is 2.18. The third-order valence-corrected chi connectivity index (χ3v) is 5.27. The van der Waals surface area contributed by atoms with Crippen LogP contribution >= 0.6 is 0 Å². The van der Waals surface area contributed by atoms with Crippen LogP contribution in [0.2, 0.25) is 0 Å².